The Morgan fingerprint density at radius 3 is 2.64 bits per heavy atom. The van der Waals surface area contributed by atoms with Crippen LogP contribution >= 0.6 is 11.3 Å². The maximum Gasteiger partial charge on any atom is 0.323 e. The summed E-state index contributed by atoms with van der Waals surface area (Å²) in [6, 6.07) is 4.29. The molecular formula is C22H22N6O4S. The van der Waals surface area contributed by atoms with Gasteiger partial charge in [0.15, 0.2) is 0 Å². The van der Waals surface area contributed by atoms with Gasteiger partial charge in [0.05, 0.1) is 23.0 Å². The molecule has 3 aromatic rings. The smallest absolute Gasteiger partial charge is 0.323 e. The molecule has 10 nitrogen and oxygen atoms in total. The highest BCUT2D eigenvalue weighted by atomic mass is 32.1. The van der Waals surface area contributed by atoms with Crippen LogP contribution < -0.4 is 21.3 Å². The molecule has 1 aliphatic carbocycles. The van der Waals surface area contributed by atoms with Crippen LogP contribution in [0.4, 0.5) is 16.2 Å². The van der Waals surface area contributed by atoms with Crippen molar-refractivity contribution in [2.24, 2.45) is 0 Å². The van der Waals surface area contributed by atoms with Crippen molar-refractivity contribution < 1.29 is 19.5 Å². The zero-order chi connectivity index (χ0) is 23.4. The fourth-order valence-electron chi connectivity index (χ4n) is 3.81. The number of nitrogens with zero attached hydrogens (tertiary/aromatic N) is 2. The van der Waals surface area contributed by atoms with E-state index >= 15 is 0 Å². The molecule has 0 saturated heterocycles. The molecule has 33 heavy (non-hydrogen) atoms. The van der Waals surface area contributed by atoms with Crippen LogP contribution in [0.2, 0.25) is 0 Å². The van der Waals surface area contributed by atoms with Gasteiger partial charge in [0, 0.05) is 24.5 Å². The van der Waals surface area contributed by atoms with Gasteiger partial charge in [-0.05, 0) is 43.5 Å². The molecule has 1 saturated carbocycles. The van der Waals surface area contributed by atoms with E-state index in [4.69, 9.17) is 5.11 Å². The van der Waals surface area contributed by atoms with Gasteiger partial charge in [-0.25, -0.2) is 9.78 Å². The summed E-state index contributed by atoms with van der Waals surface area (Å²) in [6.45, 7) is 3.45. The molecule has 0 radical (unpaired) electrons. The quantitative estimate of drug-likeness (QED) is 0.374. The molecular weight excluding hydrogens is 444 g/mol. The highest BCUT2D eigenvalue weighted by Crippen LogP contribution is 2.41. The fourth-order valence-corrected chi connectivity index (χ4v) is 4.84. The van der Waals surface area contributed by atoms with Crippen molar-refractivity contribution in [3.8, 4) is 5.75 Å². The predicted octanol–water partition coefficient (Wildman–Crippen LogP) is 2.99. The molecule has 0 spiro atoms. The van der Waals surface area contributed by atoms with Crippen LogP contribution in [-0.4, -0.2) is 45.0 Å². The molecule has 0 bridgehead atoms. The highest BCUT2D eigenvalue weighted by Gasteiger charge is 2.32. The number of carbonyl (C=O) groups is 3. The number of pyridine rings is 2. The van der Waals surface area contributed by atoms with Crippen LogP contribution in [0.15, 0.2) is 49.4 Å². The lowest BCUT2D eigenvalue weighted by molar-refractivity contribution is -0.117. The summed E-state index contributed by atoms with van der Waals surface area (Å²) in [4.78, 5) is 45.3. The number of amides is 4. The average Bonchev–Trinajstić information content (AvgIpc) is 3.40. The van der Waals surface area contributed by atoms with Crippen LogP contribution in [0.3, 0.4) is 0 Å². The molecule has 170 valence electrons. The first-order valence-corrected chi connectivity index (χ1v) is 11.1. The molecule has 1 aliphatic heterocycles. The summed E-state index contributed by atoms with van der Waals surface area (Å²) in [5.41, 5.74) is 1.13. The summed E-state index contributed by atoms with van der Waals surface area (Å²) in [5.74, 6) is -0.316. The maximum atomic E-state index is 12.9. The number of thiophene rings is 1. The van der Waals surface area contributed by atoms with Crippen molar-refractivity contribution in [3.05, 3.63) is 54.3 Å². The van der Waals surface area contributed by atoms with Crippen molar-refractivity contribution >= 4 is 50.8 Å². The number of aromatic nitrogens is 2. The van der Waals surface area contributed by atoms with E-state index in [0.29, 0.717) is 21.1 Å². The molecule has 5 N–H and O–H groups in total. The van der Waals surface area contributed by atoms with E-state index in [1.54, 1.807) is 30.6 Å². The minimum atomic E-state index is -0.380. The largest absolute Gasteiger partial charge is 0.506 e. The van der Waals surface area contributed by atoms with Gasteiger partial charge in [0.25, 0.3) is 5.91 Å². The van der Waals surface area contributed by atoms with E-state index < -0.39 is 0 Å². The Balaban J connectivity index is 0.000000318. The number of hydrogen-bond donors (Lipinski definition) is 5. The topological polar surface area (TPSA) is 145 Å². The Hall–Kier alpha value is -3.99. The third-order valence-electron chi connectivity index (χ3n) is 5.28. The first-order valence-electron chi connectivity index (χ1n) is 10.3. The Morgan fingerprint density at radius 2 is 1.97 bits per heavy atom. The van der Waals surface area contributed by atoms with E-state index in [0.717, 1.165) is 24.6 Å². The number of rotatable bonds is 4. The van der Waals surface area contributed by atoms with Crippen LogP contribution in [0.25, 0.3) is 10.2 Å². The van der Waals surface area contributed by atoms with Crippen molar-refractivity contribution in [2.45, 2.75) is 31.3 Å². The zero-order valence-electron chi connectivity index (χ0n) is 17.5. The Labute approximate surface area is 193 Å². The Bertz CT molecular complexity index is 1210. The molecule has 4 heterocycles. The Kier molecular flexibility index (Phi) is 6.50. The minimum Gasteiger partial charge on any atom is -0.506 e. The SMILES string of the molecule is C=CC(=O)NC1CCCC1NC(=O)c1sc2nccc3c2c1NC(=O)N3.Oc1cccnc1. The van der Waals surface area contributed by atoms with E-state index in [2.05, 4.69) is 37.8 Å². The number of carbonyl (C=O) groups excluding carboxylic acids is 3. The van der Waals surface area contributed by atoms with E-state index in [9.17, 15) is 14.4 Å². The average molecular weight is 467 g/mol. The van der Waals surface area contributed by atoms with Gasteiger partial charge in [0.1, 0.15) is 15.5 Å². The van der Waals surface area contributed by atoms with Gasteiger partial charge < -0.3 is 26.4 Å². The van der Waals surface area contributed by atoms with Gasteiger partial charge in [-0.3, -0.25) is 14.6 Å². The van der Waals surface area contributed by atoms with Crippen LogP contribution in [0, 0.1) is 0 Å². The molecule has 1 fully saturated rings. The minimum absolute atomic E-state index is 0.125. The van der Waals surface area contributed by atoms with E-state index in [1.165, 1.54) is 23.6 Å². The normalized spacial score (nSPS) is 18.4. The molecule has 11 heteroatoms. The monoisotopic (exact) mass is 466 g/mol. The lowest BCUT2D eigenvalue weighted by Crippen LogP contribution is -2.48. The standard InChI is InChI=1S/C17H17N5O3S.C5H5NO/c1-2-11(23)19-8-4-3-5-9(8)20-15(24)14-13-12-10(21-17(25)22-13)6-7-18-16(12)26-14;7-5-2-1-3-6-4-5/h2,6-9H,1,3-5H2,(H,19,23)(H,20,24)(H2,21,22,25);1-4,7H. The number of nitrogens with one attached hydrogen (secondary N) is 4. The molecule has 2 atom stereocenters. The van der Waals surface area contributed by atoms with Crippen molar-refractivity contribution in [1.82, 2.24) is 20.6 Å². The van der Waals surface area contributed by atoms with Gasteiger partial charge in [0.2, 0.25) is 5.91 Å². The second-order valence-corrected chi connectivity index (χ2v) is 8.46. The van der Waals surface area contributed by atoms with Crippen molar-refractivity contribution in [3.63, 3.8) is 0 Å². The highest BCUT2D eigenvalue weighted by molar-refractivity contribution is 7.21. The number of aromatic hydroxyl groups is 1. The lowest BCUT2D eigenvalue weighted by atomic mass is 10.1. The van der Waals surface area contributed by atoms with E-state index in [1.807, 2.05) is 0 Å². The number of urea groups is 1. The lowest BCUT2D eigenvalue weighted by Gasteiger charge is -2.22. The fraction of sp³-hybridized carbons (Fsp3) is 0.227. The van der Waals surface area contributed by atoms with Gasteiger partial charge >= 0.3 is 6.03 Å². The third-order valence-corrected chi connectivity index (χ3v) is 6.37. The van der Waals surface area contributed by atoms with Crippen LogP contribution in [-0.2, 0) is 4.79 Å². The number of hydrogen-bond acceptors (Lipinski definition) is 7. The van der Waals surface area contributed by atoms with Crippen LogP contribution in [0.1, 0.15) is 28.9 Å². The van der Waals surface area contributed by atoms with Gasteiger partial charge in [-0.2, -0.15) is 0 Å². The number of anilines is 2. The van der Waals surface area contributed by atoms with Crippen LogP contribution in [0.5, 0.6) is 5.75 Å². The van der Waals surface area contributed by atoms with E-state index in [-0.39, 0.29) is 35.7 Å². The molecule has 2 unspecified atom stereocenters. The van der Waals surface area contributed by atoms with Crippen molar-refractivity contribution in [2.75, 3.05) is 10.6 Å². The first-order chi connectivity index (χ1) is 16.0. The molecule has 0 aromatic carbocycles. The van der Waals surface area contributed by atoms with Gasteiger partial charge in [-0.15, -0.1) is 11.3 Å². The summed E-state index contributed by atoms with van der Waals surface area (Å²) in [5, 5.41) is 20.6. The first kappa shape index (κ1) is 22.2. The van der Waals surface area contributed by atoms with Crippen molar-refractivity contribution in [1.29, 1.82) is 0 Å². The molecule has 3 aromatic heterocycles. The summed E-state index contributed by atoms with van der Waals surface area (Å²) in [7, 11) is 0. The third kappa shape index (κ3) is 4.93. The summed E-state index contributed by atoms with van der Waals surface area (Å²) >= 11 is 1.23. The second kappa shape index (κ2) is 9.65. The Morgan fingerprint density at radius 1 is 1.18 bits per heavy atom. The zero-order valence-corrected chi connectivity index (χ0v) is 18.3. The molecule has 5 rings (SSSR count). The molecule has 4 amide bonds. The summed E-state index contributed by atoms with van der Waals surface area (Å²) < 4.78 is 0. The predicted molar refractivity (Wildman–Crippen MR) is 125 cm³/mol. The summed E-state index contributed by atoms with van der Waals surface area (Å²) in [6.07, 6.45) is 8.33. The van der Waals surface area contributed by atoms with Gasteiger partial charge in [-0.1, -0.05) is 6.58 Å². The molecule has 2 aliphatic rings. The second-order valence-electron chi connectivity index (χ2n) is 7.47. The maximum absolute atomic E-state index is 12.9.